The van der Waals surface area contributed by atoms with Crippen LogP contribution in [0.4, 0.5) is 4.39 Å². The van der Waals surface area contributed by atoms with Crippen molar-refractivity contribution in [1.82, 2.24) is 14.9 Å². The lowest BCUT2D eigenvalue weighted by atomic mass is 9.94. The topological polar surface area (TPSA) is 46.9 Å². The number of fused-ring (bicyclic) bond motifs is 1. The third-order valence-electron chi connectivity index (χ3n) is 6.55. The minimum Gasteiger partial charge on any atom is -0.352 e. The van der Waals surface area contributed by atoms with E-state index in [9.17, 15) is 9.18 Å². The van der Waals surface area contributed by atoms with Crippen LogP contribution in [0.15, 0.2) is 54.6 Å². The van der Waals surface area contributed by atoms with Crippen molar-refractivity contribution < 1.29 is 9.18 Å². The number of benzene rings is 3. The fourth-order valence-electron chi connectivity index (χ4n) is 4.38. The molecule has 0 saturated heterocycles. The van der Waals surface area contributed by atoms with Crippen molar-refractivity contribution in [3.63, 3.8) is 0 Å². The number of hydrogen-bond donors (Lipinski definition) is 1. The molecular formula is C28H30FN3O. The third kappa shape index (κ3) is 4.68. The second kappa shape index (κ2) is 9.57. The fraction of sp³-hybridized carbons (Fsp3) is 0.286. The molecule has 5 heteroatoms. The quantitative estimate of drug-likeness (QED) is 0.366. The van der Waals surface area contributed by atoms with Crippen LogP contribution in [0.5, 0.6) is 0 Å². The summed E-state index contributed by atoms with van der Waals surface area (Å²) in [5.41, 5.74) is 8.74. The third-order valence-corrected chi connectivity index (χ3v) is 6.55. The summed E-state index contributed by atoms with van der Waals surface area (Å²) < 4.78 is 16.1. The highest BCUT2D eigenvalue weighted by atomic mass is 19.1. The Balaban J connectivity index is 1.54. The van der Waals surface area contributed by atoms with Gasteiger partial charge in [-0.25, -0.2) is 9.37 Å². The van der Waals surface area contributed by atoms with Crippen LogP contribution in [0.25, 0.3) is 11.0 Å². The van der Waals surface area contributed by atoms with E-state index in [-0.39, 0.29) is 11.5 Å². The first-order valence-corrected chi connectivity index (χ1v) is 11.4. The van der Waals surface area contributed by atoms with E-state index in [1.54, 1.807) is 12.1 Å². The van der Waals surface area contributed by atoms with Crippen LogP contribution < -0.4 is 5.32 Å². The zero-order valence-corrected chi connectivity index (χ0v) is 19.7. The summed E-state index contributed by atoms with van der Waals surface area (Å²) in [6.07, 6.45) is 1.43. The first-order valence-electron chi connectivity index (χ1n) is 11.4. The normalized spacial score (nSPS) is 11.2. The Kier molecular flexibility index (Phi) is 6.59. The molecule has 1 amide bonds. The van der Waals surface area contributed by atoms with Gasteiger partial charge >= 0.3 is 0 Å². The molecule has 170 valence electrons. The van der Waals surface area contributed by atoms with Crippen LogP contribution in [0.1, 0.15) is 50.4 Å². The lowest BCUT2D eigenvalue weighted by molar-refractivity contribution is 0.0949. The number of aromatic nitrogens is 2. The first kappa shape index (κ1) is 22.7. The molecule has 0 aliphatic carbocycles. The molecule has 0 saturated carbocycles. The highest BCUT2D eigenvalue weighted by molar-refractivity contribution is 5.94. The Morgan fingerprint density at radius 1 is 0.970 bits per heavy atom. The van der Waals surface area contributed by atoms with Crippen LogP contribution in [-0.2, 0) is 13.0 Å². The number of amides is 1. The predicted molar refractivity (Wildman–Crippen MR) is 131 cm³/mol. The molecule has 1 aromatic heterocycles. The summed E-state index contributed by atoms with van der Waals surface area (Å²) in [6.45, 7) is 9.92. The second-order valence-corrected chi connectivity index (χ2v) is 8.68. The summed E-state index contributed by atoms with van der Waals surface area (Å²) >= 11 is 0. The molecule has 1 heterocycles. The van der Waals surface area contributed by atoms with Crippen LogP contribution in [0.2, 0.25) is 0 Å². The molecule has 1 N–H and O–H groups in total. The zero-order chi connectivity index (χ0) is 23.5. The van der Waals surface area contributed by atoms with E-state index in [0.717, 1.165) is 29.8 Å². The van der Waals surface area contributed by atoms with Gasteiger partial charge in [0.2, 0.25) is 0 Å². The van der Waals surface area contributed by atoms with E-state index in [2.05, 4.69) is 49.7 Å². The van der Waals surface area contributed by atoms with Gasteiger partial charge in [-0.05, 0) is 86.2 Å². The maximum atomic E-state index is 13.8. The van der Waals surface area contributed by atoms with Crippen molar-refractivity contribution in [3.05, 3.63) is 99.6 Å². The Labute approximate surface area is 194 Å². The van der Waals surface area contributed by atoms with Gasteiger partial charge in [-0.1, -0.05) is 30.3 Å². The summed E-state index contributed by atoms with van der Waals surface area (Å²) in [4.78, 5) is 17.2. The standard InChI is InChI=1S/C28H30FN3O/c1-18-16-19(2)21(4)23(20(18)3)17-32-26-13-8-7-12-25(26)31-27(32)14-9-15-30-28(33)22-10-5-6-11-24(22)29/h5-8,10-13,16H,9,14-15,17H2,1-4H3,(H,30,33). The average molecular weight is 444 g/mol. The first-order chi connectivity index (χ1) is 15.9. The lowest BCUT2D eigenvalue weighted by Gasteiger charge is -2.18. The molecule has 0 fully saturated rings. The summed E-state index contributed by atoms with van der Waals surface area (Å²) in [5.74, 6) is 0.105. The summed E-state index contributed by atoms with van der Waals surface area (Å²) in [7, 11) is 0. The van der Waals surface area contributed by atoms with E-state index >= 15 is 0 Å². The van der Waals surface area contributed by atoms with Crippen LogP contribution in [0.3, 0.4) is 0 Å². The van der Waals surface area contributed by atoms with Crippen LogP contribution in [0, 0.1) is 33.5 Å². The smallest absolute Gasteiger partial charge is 0.254 e. The van der Waals surface area contributed by atoms with Gasteiger partial charge in [0.1, 0.15) is 11.6 Å². The summed E-state index contributed by atoms with van der Waals surface area (Å²) in [5, 5.41) is 2.83. The lowest BCUT2D eigenvalue weighted by Crippen LogP contribution is -2.26. The fourth-order valence-corrected chi connectivity index (χ4v) is 4.38. The number of hydrogen-bond acceptors (Lipinski definition) is 2. The van der Waals surface area contributed by atoms with Crippen molar-refractivity contribution in [2.45, 2.75) is 47.1 Å². The molecule has 0 aliphatic heterocycles. The van der Waals surface area contributed by atoms with Gasteiger partial charge < -0.3 is 9.88 Å². The number of carbonyl (C=O) groups excluding carboxylic acids is 1. The van der Waals surface area contributed by atoms with E-state index in [4.69, 9.17) is 4.98 Å². The highest BCUT2D eigenvalue weighted by Gasteiger charge is 2.15. The van der Waals surface area contributed by atoms with Gasteiger partial charge in [0, 0.05) is 19.5 Å². The Morgan fingerprint density at radius 2 is 1.64 bits per heavy atom. The average Bonchev–Trinajstić information content (AvgIpc) is 3.15. The Hall–Kier alpha value is -3.47. The van der Waals surface area contributed by atoms with Crippen LogP contribution in [-0.4, -0.2) is 22.0 Å². The number of halogens is 1. The van der Waals surface area contributed by atoms with Crippen LogP contribution >= 0.6 is 0 Å². The monoisotopic (exact) mass is 443 g/mol. The Bertz CT molecular complexity index is 1300. The molecule has 0 unspecified atom stereocenters. The second-order valence-electron chi connectivity index (χ2n) is 8.68. The van der Waals surface area contributed by atoms with Gasteiger partial charge in [-0.2, -0.15) is 0 Å². The molecule has 0 bridgehead atoms. The number of imidazole rings is 1. The van der Waals surface area contributed by atoms with E-state index in [1.807, 2.05) is 18.2 Å². The maximum absolute atomic E-state index is 13.8. The van der Waals surface area contributed by atoms with Gasteiger partial charge in [-0.15, -0.1) is 0 Å². The molecule has 4 nitrogen and oxygen atoms in total. The number of rotatable bonds is 7. The predicted octanol–water partition coefficient (Wildman–Crippen LogP) is 5.82. The number of para-hydroxylation sites is 2. The highest BCUT2D eigenvalue weighted by Crippen LogP contribution is 2.26. The summed E-state index contributed by atoms with van der Waals surface area (Å²) in [6, 6.07) is 16.5. The van der Waals surface area contributed by atoms with Gasteiger partial charge in [0.15, 0.2) is 0 Å². The van der Waals surface area contributed by atoms with Gasteiger partial charge in [0.05, 0.1) is 16.6 Å². The molecule has 33 heavy (non-hydrogen) atoms. The van der Waals surface area contributed by atoms with Crippen molar-refractivity contribution in [1.29, 1.82) is 0 Å². The number of nitrogens with one attached hydrogen (secondary N) is 1. The van der Waals surface area contributed by atoms with Crippen molar-refractivity contribution in [2.75, 3.05) is 6.54 Å². The molecular weight excluding hydrogens is 413 g/mol. The SMILES string of the molecule is Cc1cc(C)c(C)c(Cn2c(CCCNC(=O)c3ccccc3F)nc3ccccc32)c1C. The van der Waals surface area contributed by atoms with E-state index in [0.29, 0.717) is 13.0 Å². The number of nitrogens with zero attached hydrogens (tertiary/aromatic N) is 2. The minimum atomic E-state index is -0.504. The number of aryl methyl sites for hydroxylation is 3. The Morgan fingerprint density at radius 3 is 2.36 bits per heavy atom. The van der Waals surface area contributed by atoms with Crippen molar-refractivity contribution in [2.24, 2.45) is 0 Å². The molecule has 0 spiro atoms. The van der Waals surface area contributed by atoms with E-state index in [1.165, 1.54) is 39.9 Å². The molecule has 0 radical (unpaired) electrons. The number of carbonyl (C=O) groups is 1. The molecule has 4 rings (SSSR count). The zero-order valence-electron chi connectivity index (χ0n) is 19.7. The maximum Gasteiger partial charge on any atom is 0.254 e. The van der Waals surface area contributed by atoms with Gasteiger partial charge in [0.25, 0.3) is 5.91 Å². The molecule has 3 aromatic carbocycles. The minimum absolute atomic E-state index is 0.0745. The molecule has 0 aliphatic rings. The van der Waals surface area contributed by atoms with E-state index < -0.39 is 5.82 Å². The van der Waals surface area contributed by atoms with Gasteiger partial charge in [-0.3, -0.25) is 4.79 Å². The molecule has 4 aromatic rings. The molecule has 0 atom stereocenters. The van der Waals surface area contributed by atoms with Crippen molar-refractivity contribution in [3.8, 4) is 0 Å². The van der Waals surface area contributed by atoms with Crippen molar-refractivity contribution >= 4 is 16.9 Å². The largest absolute Gasteiger partial charge is 0.352 e.